The molecule has 0 saturated heterocycles. The topological polar surface area (TPSA) is 66.5 Å². The van der Waals surface area contributed by atoms with E-state index in [1.165, 1.54) is 12.1 Å². The number of Topliss-reactive ketones (excluding diaryl/α,β-unsaturated/α-hetero) is 1. The fourth-order valence-electron chi connectivity index (χ4n) is 2.91. The number of nitrogens with zero attached hydrogens (tertiary/aromatic N) is 4. The Morgan fingerprint density at radius 1 is 0.889 bits per heavy atom. The number of ketones is 1. The molecule has 0 unspecified atom stereocenters. The van der Waals surface area contributed by atoms with E-state index in [-0.39, 0.29) is 17.8 Å². The summed E-state index contributed by atoms with van der Waals surface area (Å²) in [7, 11) is 0. The summed E-state index contributed by atoms with van der Waals surface area (Å²) < 4.78 is 39.0. The van der Waals surface area contributed by atoms with Gasteiger partial charge in [-0.05, 0) is 18.9 Å². The van der Waals surface area contributed by atoms with E-state index in [0.29, 0.717) is 12.0 Å². The van der Waals surface area contributed by atoms with Crippen LogP contribution in [0.3, 0.4) is 0 Å². The van der Waals surface area contributed by atoms with E-state index < -0.39 is 17.5 Å². The van der Waals surface area contributed by atoms with E-state index in [9.17, 15) is 18.0 Å². The number of halogens is 3. The Kier molecular flexibility index (Phi) is 3.76. The van der Waals surface area contributed by atoms with Crippen LogP contribution in [0.4, 0.5) is 13.2 Å². The highest BCUT2D eigenvalue weighted by Gasteiger charge is 2.65. The van der Waals surface area contributed by atoms with E-state index in [1.807, 2.05) is 19.1 Å². The van der Waals surface area contributed by atoms with Crippen molar-refractivity contribution in [1.82, 2.24) is 0 Å². The Balaban J connectivity index is 1.37. The quantitative estimate of drug-likeness (QED) is 0.633. The van der Waals surface area contributed by atoms with Crippen LogP contribution in [0.25, 0.3) is 0 Å². The lowest BCUT2D eigenvalue weighted by Gasteiger charge is -2.15. The minimum Gasteiger partial charge on any atom is -0.294 e. The molecule has 0 N–H and O–H groups in total. The number of hydrogen-bond acceptors (Lipinski definition) is 5. The van der Waals surface area contributed by atoms with Gasteiger partial charge in [-0.2, -0.15) is 23.4 Å². The van der Waals surface area contributed by atoms with Crippen LogP contribution in [0.15, 0.2) is 69.0 Å². The fraction of sp³-hybridized carbons (Fsp3) is 0.316. The first-order valence-electron chi connectivity index (χ1n) is 8.42. The monoisotopic (exact) mass is 372 g/mol. The average Bonchev–Trinajstić information content (AvgIpc) is 3.56. The zero-order valence-corrected chi connectivity index (χ0v) is 14.4. The van der Waals surface area contributed by atoms with Crippen molar-refractivity contribution in [2.24, 2.45) is 20.5 Å². The normalized spacial score (nSPS) is 18.4. The van der Waals surface area contributed by atoms with Crippen molar-refractivity contribution in [3.05, 3.63) is 70.8 Å². The van der Waals surface area contributed by atoms with Gasteiger partial charge in [0.15, 0.2) is 5.78 Å². The third kappa shape index (κ3) is 3.15. The number of carbonyl (C=O) groups excluding carboxylic acids is 1. The molecule has 2 aromatic rings. The summed E-state index contributed by atoms with van der Waals surface area (Å²) >= 11 is 0. The van der Waals surface area contributed by atoms with Crippen LogP contribution in [-0.4, -0.2) is 12.0 Å². The lowest BCUT2D eigenvalue weighted by molar-refractivity contribution is -0.166. The van der Waals surface area contributed by atoms with Crippen molar-refractivity contribution >= 4 is 5.78 Å². The SMILES string of the molecule is CC1(c2ccc(C(=O)CCc3ccc(C4(C(F)(F)F)N=N4)cc3)cc2)N=N1. The molecular formula is C19H15F3N4O. The van der Waals surface area contributed by atoms with Crippen molar-refractivity contribution in [3.8, 4) is 0 Å². The van der Waals surface area contributed by atoms with Gasteiger partial charge < -0.3 is 0 Å². The van der Waals surface area contributed by atoms with Gasteiger partial charge in [0.2, 0.25) is 5.66 Å². The van der Waals surface area contributed by atoms with Crippen LogP contribution in [0.1, 0.15) is 40.4 Å². The molecule has 138 valence electrons. The van der Waals surface area contributed by atoms with Gasteiger partial charge in [-0.15, -0.1) is 10.2 Å². The number of alkyl halides is 3. The smallest absolute Gasteiger partial charge is 0.294 e. The van der Waals surface area contributed by atoms with Gasteiger partial charge in [-0.25, -0.2) is 0 Å². The van der Waals surface area contributed by atoms with Gasteiger partial charge in [0.1, 0.15) is 0 Å². The molecule has 2 heterocycles. The summed E-state index contributed by atoms with van der Waals surface area (Å²) in [6.45, 7) is 1.89. The number of hydrogen-bond donors (Lipinski definition) is 0. The summed E-state index contributed by atoms with van der Waals surface area (Å²) in [6.07, 6.45) is -3.82. The number of aryl methyl sites for hydroxylation is 1. The molecule has 0 aliphatic carbocycles. The van der Waals surface area contributed by atoms with Gasteiger partial charge in [0.05, 0.1) is 0 Å². The second-order valence-electron chi connectivity index (χ2n) is 6.79. The Bertz CT molecular complexity index is 934. The molecule has 5 nitrogen and oxygen atoms in total. The first-order chi connectivity index (χ1) is 12.7. The molecule has 4 rings (SSSR count). The Hall–Kier alpha value is -2.90. The lowest BCUT2D eigenvalue weighted by atomic mass is 9.97. The van der Waals surface area contributed by atoms with Gasteiger partial charge >= 0.3 is 11.8 Å². The van der Waals surface area contributed by atoms with E-state index in [2.05, 4.69) is 20.5 Å². The minimum atomic E-state index is -4.53. The molecule has 2 aliphatic heterocycles. The first kappa shape index (κ1) is 17.5. The highest BCUT2D eigenvalue weighted by atomic mass is 19.4. The van der Waals surface area contributed by atoms with Crippen molar-refractivity contribution in [1.29, 1.82) is 0 Å². The minimum absolute atomic E-state index is 0.00920. The van der Waals surface area contributed by atoms with Gasteiger partial charge in [0, 0.05) is 23.1 Å². The number of rotatable bonds is 6. The molecule has 0 fully saturated rings. The largest absolute Gasteiger partial charge is 0.442 e. The first-order valence-corrected chi connectivity index (χ1v) is 8.42. The van der Waals surface area contributed by atoms with Crippen LogP contribution in [0.2, 0.25) is 0 Å². The van der Waals surface area contributed by atoms with Crippen LogP contribution in [0.5, 0.6) is 0 Å². The molecule has 2 aromatic carbocycles. The molecule has 0 saturated carbocycles. The predicted molar refractivity (Wildman–Crippen MR) is 90.3 cm³/mol. The second kappa shape index (κ2) is 5.80. The van der Waals surface area contributed by atoms with Gasteiger partial charge in [-0.1, -0.05) is 48.5 Å². The molecule has 0 bridgehead atoms. The average molecular weight is 372 g/mol. The van der Waals surface area contributed by atoms with Crippen LogP contribution in [0, 0.1) is 0 Å². The van der Waals surface area contributed by atoms with Crippen LogP contribution in [-0.2, 0) is 17.7 Å². The van der Waals surface area contributed by atoms with Gasteiger partial charge in [0.25, 0.3) is 0 Å². The summed E-state index contributed by atoms with van der Waals surface area (Å²) in [4.78, 5) is 12.3. The molecular weight excluding hydrogens is 357 g/mol. The third-order valence-corrected chi connectivity index (χ3v) is 4.85. The molecule has 0 aromatic heterocycles. The number of carbonyl (C=O) groups is 1. The van der Waals surface area contributed by atoms with Crippen LogP contribution < -0.4 is 0 Å². The summed E-state index contributed by atoms with van der Waals surface area (Å²) in [6, 6.07) is 13.1. The molecule has 0 spiro atoms. The predicted octanol–water partition coefficient (Wildman–Crippen LogP) is 5.32. The Labute approximate surface area is 153 Å². The lowest BCUT2D eigenvalue weighted by Crippen LogP contribution is -2.30. The maximum atomic E-state index is 13.0. The van der Waals surface area contributed by atoms with E-state index >= 15 is 0 Å². The molecule has 8 heteroatoms. The molecule has 2 aliphatic rings. The standard InChI is InChI=1S/C19H15F3N4O/c1-17(23-24-17)14-9-5-13(6-10-14)16(27)11-4-12-2-7-15(8-3-12)18(25-26-18)19(20,21)22/h2-3,5-10H,4,11H2,1H3. The Morgan fingerprint density at radius 3 is 1.93 bits per heavy atom. The van der Waals surface area contributed by atoms with Crippen LogP contribution >= 0.6 is 0 Å². The molecule has 0 amide bonds. The van der Waals surface area contributed by atoms with E-state index in [0.717, 1.165) is 11.1 Å². The Morgan fingerprint density at radius 2 is 1.44 bits per heavy atom. The van der Waals surface area contributed by atoms with Crippen molar-refractivity contribution in [2.45, 2.75) is 37.3 Å². The molecule has 0 atom stereocenters. The summed E-state index contributed by atoms with van der Waals surface area (Å²) in [5.74, 6) is -0.0283. The third-order valence-electron chi connectivity index (χ3n) is 4.85. The molecule has 0 radical (unpaired) electrons. The van der Waals surface area contributed by atoms with Crippen molar-refractivity contribution in [3.63, 3.8) is 0 Å². The maximum absolute atomic E-state index is 13.0. The number of benzene rings is 2. The summed E-state index contributed by atoms with van der Waals surface area (Å²) in [5.41, 5.74) is -0.581. The highest BCUT2D eigenvalue weighted by molar-refractivity contribution is 5.96. The van der Waals surface area contributed by atoms with Gasteiger partial charge in [-0.3, -0.25) is 4.79 Å². The fourth-order valence-corrected chi connectivity index (χ4v) is 2.91. The summed E-state index contributed by atoms with van der Waals surface area (Å²) in [5, 5.41) is 14.3. The van der Waals surface area contributed by atoms with E-state index in [4.69, 9.17) is 0 Å². The van der Waals surface area contributed by atoms with E-state index in [1.54, 1.807) is 24.3 Å². The highest BCUT2D eigenvalue weighted by Crippen LogP contribution is 2.52. The van der Waals surface area contributed by atoms with Crippen molar-refractivity contribution < 1.29 is 18.0 Å². The van der Waals surface area contributed by atoms with Crippen molar-refractivity contribution in [2.75, 3.05) is 0 Å². The second-order valence-corrected chi connectivity index (χ2v) is 6.79. The molecule has 27 heavy (non-hydrogen) atoms. The maximum Gasteiger partial charge on any atom is 0.442 e. The zero-order valence-electron chi connectivity index (χ0n) is 14.4. The zero-order chi connectivity index (χ0) is 19.3.